The standard InChI is InChI=1S/C20H26N2O4S/c1-3-22(4-2)15-17-7-5-16(6-8-17)14-21-27(23,24)18-9-10-19-20(13-18)26-12-11-25-19/h5-10,13,21H,3-4,11-12,14-15H2,1-2H3. The van der Waals surface area contributed by atoms with E-state index in [1.165, 1.54) is 17.7 Å². The van der Waals surface area contributed by atoms with Crippen molar-refractivity contribution in [3.63, 3.8) is 0 Å². The topological polar surface area (TPSA) is 67.9 Å². The Labute approximate surface area is 161 Å². The summed E-state index contributed by atoms with van der Waals surface area (Å²) in [5.41, 5.74) is 2.14. The molecule has 146 valence electrons. The number of benzene rings is 2. The molecule has 3 rings (SSSR count). The molecule has 1 N–H and O–H groups in total. The number of hydrogen-bond acceptors (Lipinski definition) is 5. The van der Waals surface area contributed by atoms with Crippen LogP contribution in [0, 0.1) is 0 Å². The predicted octanol–water partition coefficient (Wildman–Crippen LogP) is 2.78. The fraction of sp³-hybridized carbons (Fsp3) is 0.400. The highest BCUT2D eigenvalue weighted by Crippen LogP contribution is 2.32. The zero-order valence-electron chi connectivity index (χ0n) is 15.8. The van der Waals surface area contributed by atoms with Crippen LogP contribution < -0.4 is 14.2 Å². The molecule has 0 unspecified atom stereocenters. The van der Waals surface area contributed by atoms with E-state index in [0.717, 1.165) is 25.2 Å². The van der Waals surface area contributed by atoms with E-state index in [2.05, 4.69) is 23.5 Å². The monoisotopic (exact) mass is 390 g/mol. The van der Waals surface area contributed by atoms with Gasteiger partial charge in [0, 0.05) is 19.2 Å². The molecule has 0 spiro atoms. The minimum Gasteiger partial charge on any atom is -0.486 e. The number of rotatable bonds is 8. The van der Waals surface area contributed by atoms with Crippen LogP contribution in [0.4, 0.5) is 0 Å². The third kappa shape index (κ3) is 5.00. The number of nitrogens with zero attached hydrogens (tertiary/aromatic N) is 1. The Bertz CT molecular complexity index is 862. The molecule has 0 aliphatic carbocycles. The molecular formula is C20H26N2O4S. The van der Waals surface area contributed by atoms with Crippen LogP contribution in [0.3, 0.4) is 0 Å². The quantitative estimate of drug-likeness (QED) is 0.751. The molecular weight excluding hydrogens is 364 g/mol. The van der Waals surface area contributed by atoms with Crippen molar-refractivity contribution in [2.24, 2.45) is 0 Å². The molecule has 0 bridgehead atoms. The van der Waals surface area contributed by atoms with Crippen LogP contribution >= 0.6 is 0 Å². The third-order valence-corrected chi connectivity index (χ3v) is 6.01. The normalized spacial score (nSPS) is 13.7. The summed E-state index contributed by atoms with van der Waals surface area (Å²) in [5, 5.41) is 0. The van der Waals surface area contributed by atoms with Gasteiger partial charge in [0.15, 0.2) is 11.5 Å². The number of ether oxygens (including phenoxy) is 2. The number of sulfonamides is 1. The van der Waals surface area contributed by atoms with Crippen molar-refractivity contribution in [3.05, 3.63) is 53.6 Å². The van der Waals surface area contributed by atoms with E-state index in [0.29, 0.717) is 24.7 Å². The zero-order chi connectivity index (χ0) is 19.3. The molecule has 0 atom stereocenters. The Morgan fingerprint density at radius 1 is 0.926 bits per heavy atom. The van der Waals surface area contributed by atoms with Crippen molar-refractivity contribution in [1.82, 2.24) is 9.62 Å². The average molecular weight is 391 g/mol. The van der Waals surface area contributed by atoms with Crippen LogP contribution in [0.5, 0.6) is 11.5 Å². The lowest BCUT2D eigenvalue weighted by molar-refractivity contribution is 0.171. The lowest BCUT2D eigenvalue weighted by atomic mass is 10.1. The van der Waals surface area contributed by atoms with Gasteiger partial charge in [-0.15, -0.1) is 0 Å². The van der Waals surface area contributed by atoms with E-state index in [-0.39, 0.29) is 11.4 Å². The third-order valence-electron chi connectivity index (χ3n) is 4.61. The van der Waals surface area contributed by atoms with Gasteiger partial charge in [-0.25, -0.2) is 13.1 Å². The summed E-state index contributed by atoms with van der Waals surface area (Å²) in [4.78, 5) is 2.50. The number of nitrogens with one attached hydrogen (secondary N) is 1. The fourth-order valence-corrected chi connectivity index (χ4v) is 3.95. The Hall–Kier alpha value is -2.09. The Balaban J connectivity index is 1.63. The molecule has 1 heterocycles. The maximum absolute atomic E-state index is 12.6. The highest BCUT2D eigenvalue weighted by Gasteiger charge is 2.19. The summed E-state index contributed by atoms with van der Waals surface area (Å²) >= 11 is 0. The van der Waals surface area contributed by atoms with Crippen molar-refractivity contribution in [2.45, 2.75) is 31.8 Å². The molecule has 2 aromatic carbocycles. The molecule has 1 aliphatic heterocycles. The average Bonchev–Trinajstić information content (AvgIpc) is 2.71. The number of hydrogen-bond donors (Lipinski definition) is 1. The molecule has 27 heavy (non-hydrogen) atoms. The molecule has 0 fully saturated rings. The molecule has 7 heteroatoms. The van der Waals surface area contributed by atoms with E-state index in [1.807, 2.05) is 24.3 Å². The predicted molar refractivity (Wildman–Crippen MR) is 105 cm³/mol. The van der Waals surface area contributed by atoms with Crippen molar-refractivity contribution in [3.8, 4) is 11.5 Å². The van der Waals surface area contributed by atoms with Crippen LogP contribution in [-0.4, -0.2) is 39.6 Å². The van der Waals surface area contributed by atoms with Gasteiger partial charge in [0.2, 0.25) is 10.0 Å². The summed E-state index contributed by atoms with van der Waals surface area (Å²) in [6.07, 6.45) is 0. The maximum Gasteiger partial charge on any atom is 0.241 e. The molecule has 0 saturated carbocycles. The smallest absolute Gasteiger partial charge is 0.241 e. The molecule has 0 aromatic heterocycles. The lowest BCUT2D eigenvalue weighted by Gasteiger charge is -2.19. The highest BCUT2D eigenvalue weighted by molar-refractivity contribution is 7.89. The van der Waals surface area contributed by atoms with Gasteiger partial charge < -0.3 is 9.47 Å². The first-order valence-electron chi connectivity index (χ1n) is 9.21. The van der Waals surface area contributed by atoms with Crippen molar-refractivity contribution < 1.29 is 17.9 Å². The molecule has 0 amide bonds. The van der Waals surface area contributed by atoms with Crippen LogP contribution in [0.15, 0.2) is 47.4 Å². The highest BCUT2D eigenvalue weighted by atomic mass is 32.2. The zero-order valence-corrected chi connectivity index (χ0v) is 16.6. The van der Waals surface area contributed by atoms with Gasteiger partial charge >= 0.3 is 0 Å². The van der Waals surface area contributed by atoms with Gasteiger partial charge in [-0.05, 0) is 36.3 Å². The second kappa shape index (κ2) is 8.73. The first-order chi connectivity index (χ1) is 13.0. The van der Waals surface area contributed by atoms with Crippen molar-refractivity contribution in [2.75, 3.05) is 26.3 Å². The fourth-order valence-electron chi connectivity index (χ4n) is 2.92. The van der Waals surface area contributed by atoms with Crippen LogP contribution in [0.2, 0.25) is 0 Å². The summed E-state index contributed by atoms with van der Waals surface area (Å²) in [6, 6.07) is 12.7. The van der Waals surface area contributed by atoms with E-state index in [9.17, 15) is 8.42 Å². The van der Waals surface area contributed by atoms with E-state index >= 15 is 0 Å². The summed E-state index contributed by atoms with van der Waals surface area (Å²) in [5.74, 6) is 1.04. The maximum atomic E-state index is 12.6. The van der Waals surface area contributed by atoms with Crippen molar-refractivity contribution in [1.29, 1.82) is 0 Å². The molecule has 0 saturated heterocycles. The van der Waals surface area contributed by atoms with Gasteiger partial charge in [-0.1, -0.05) is 38.1 Å². The second-order valence-corrected chi connectivity index (χ2v) is 8.17. The van der Waals surface area contributed by atoms with Gasteiger partial charge in [0.25, 0.3) is 0 Å². The van der Waals surface area contributed by atoms with E-state index in [4.69, 9.17) is 9.47 Å². The van der Waals surface area contributed by atoms with Crippen LogP contribution in [0.25, 0.3) is 0 Å². The largest absolute Gasteiger partial charge is 0.486 e. The summed E-state index contributed by atoms with van der Waals surface area (Å²) in [7, 11) is -3.62. The Morgan fingerprint density at radius 2 is 1.56 bits per heavy atom. The SMILES string of the molecule is CCN(CC)Cc1ccc(CNS(=O)(=O)c2ccc3c(c2)OCCO3)cc1. The van der Waals surface area contributed by atoms with Gasteiger partial charge in [0.05, 0.1) is 4.90 Å². The molecule has 2 aromatic rings. The second-order valence-electron chi connectivity index (χ2n) is 6.41. The minimum atomic E-state index is -3.62. The van der Waals surface area contributed by atoms with Crippen molar-refractivity contribution >= 4 is 10.0 Å². The van der Waals surface area contributed by atoms with Gasteiger partial charge in [0.1, 0.15) is 13.2 Å². The molecule has 0 radical (unpaired) electrons. The number of fused-ring (bicyclic) bond motifs is 1. The first kappa shape index (κ1) is 19.7. The van der Waals surface area contributed by atoms with E-state index in [1.54, 1.807) is 6.07 Å². The summed E-state index contributed by atoms with van der Waals surface area (Å²) in [6.45, 7) is 8.33. The first-order valence-corrected chi connectivity index (χ1v) is 10.7. The molecule has 6 nitrogen and oxygen atoms in total. The van der Waals surface area contributed by atoms with Gasteiger partial charge in [-0.2, -0.15) is 0 Å². The van der Waals surface area contributed by atoms with Crippen LogP contribution in [0.1, 0.15) is 25.0 Å². The Morgan fingerprint density at radius 3 is 2.22 bits per heavy atom. The van der Waals surface area contributed by atoms with Gasteiger partial charge in [-0.3, -0.25) is 4.90 Å². The van der Waals surface area contributed by atoms with Crippen LogP contribution in [-0.2, 0) is 23.1 Å². The minimum absolute atomic E-state index is 0.171. The molecule has 1 aliphatic rings. The lowest BCUT2D eigenvalue weighted by Crippen LogP contribution is -2.24. The summed E-state index contributed by atoms with van der Waals surface area (Å²) < 4.78 is 38.7. The van der Waals surface area contributed by atoms with E-state index < -0.39 is 10.0 Å². The Kier molecular flexibility index (Phi) is 6.36.